The average molecular weight is 1760 g/mol. The summed E-state index contributed by atoms with van der Waals surface area (Å²) in [6, 6.07) is 21.3. The number of hydrogen-bond acceptors (Lipinski definition) is 20. The summed E-state index contributed by atoms with van der Waals surface area (Å²) < 4.78 is 254. The molecule has 0 saturated carbocycles. The van der Waals surface area contributed by atoms with Gasteiger partial charge in [-0.05, 0) is 183 Å². The predicted molar refractivity (Wildman–Crippen MR) is 406 cm³/mol. The number of hydrogen-bond donors (Lipinski definition) is 1. The fraction of sp³-hybridized carbons (Fsp3) is 0.269. The standard InChI is InChI=1S/3C26H21F4N7O3S/c1-35-23(14-32-34-35)41(39,40)36-9-7-17-11-22-16(13-33-37(22)20-4-2-19(27)3-5-20)12-25(17,15-36)24(38)21-10-18(6-8-31-21)26(28,29)30;1-35-32-14-23(34-35)41(39,40)36-9-7-17-11-22-16(13-33-37(22)20-4-2-19(27)3-5-20)12-25(17,15-36)24(38)21-10-18(6-8-31-21)26(28,29)30;1-35-14-23(33-34-35)41(39,40)36-9-7-17-11-22-16(13-32-37(22)20-4-2-19(27)3-5-20)12-25(17,15-36)24(38)21-10-18(6-8-31-21)26(28,29)30/h3*2-6,8,10-11,13-14H,7,9,12,15H2,1H3/p+1/t3*25-/m000/s1. The van der Waals surface area contributed by atoms with Gasteiger partial charge in [0.15, 0.2) is 28.6 Å². The lowest BCUT2D eigenvalue weighted by Gasteiger charge is -2.44. The van der Waals surface area contributed by atoms with Crippen LogP contribution in [0.15, 0.2) is 197 Å². The molecule has 12 aromatic rings. The molecule has 3 saturated heterocycles. The zero-order valence-corrected chi connectivity index (χ0v) is 66.6. The van der Waals surface area contributed by atoms with Crippen molar-refractivity contribution in [2.24, 2.45) is 37.4 Å². The first-order valence-electron chi connectivity index (χ1n) is 37.2. The third kappa shape index (κ3) is 15.5. The zero-order valence-electron chi connectivity index (χ0n) is 64.2. The molecule has 123 heavy (non-hydrogen) atoms. The van der Waals surface area contributed by atoms with Crippen molar-refractivity contribution in [3.05, 3.63) is 267 Å². The number of fused-ring (bicyclic) bond motifs is 6. The number of halogens is 12. The summed E-state index contributed by atoms with van der Waals surface area (Å²) in [4.78, 5) is 55.5. The summed E-state index contributed by atoms with van der Waals surface area (Å²) in [5.41, 5.74) is -2.25. The number of carbonyl (C=O) groups is 3. The van der Waals surface area contributed by atoms with Crippen molar-refractivity contribution in [3.63, 3.8) is 0 Å². The predicted octanol–water partition coefficient (Wildman–Crippen LogP) is 9.79. The van der Waals surface area contributed by atoms with Gasteiger partial charge in [0.2, 0.25) is 5.03 Å². The highest BCUT2D eigenvalue weighted by Crippen LogP contribution is 2.52. The van der Waals surface area contributed by atoms with Crippen molar-refractivity contribution in [1.82, 2.24) is 97.5 Å². The summed E-state index contributed by atoms with van der Waals surface area (Å²) in [5, 5.41) is 33.9. The second-order valence-electron chi connectivity index (χ2n) is 29.8. The Morgan fingerprint density at radius 3 is 1.09 bits per heavy atom. The van der Waals surface area contributed by atoms with E-state index in [9.17, 15) is 92.3 Å². The van der Waals surface area contributed by atoms with E-state index in [2.05, 4.69) is 61.1 Å². The van der Waals surface area contributed by atoms with Crippen LogP contribution in [0.1, 0.15) is 101 Å². The minimum Gasteiger partial charge on any atom is -0.291 e. The summed E-state index contributed by atoms with van der Waals surface area (Å²) in [5.74, 6) is -3.49. The Bertz CT molecular complexity index is 6440. The number of ketones is 3. The lowest BCUT2D eigenvalue weighted by molar-refractivity contribution is -0.731. The smallest absolute Gasteiger partial charge is 0.291 e. The van der Waals surface area contributed by atoms with Crippen molar-refractivity contribution in [2.75, 3.05) is 39.3 Å². The maximum atomic E-state index is 14.2. The van der Waals surface area contributed by atoms with Crippen molar-refractivity contribution < 1.29 is 97.0 Å². The first kappa shape index (κ1) is 83.9. The topological polar surface area (TPSA) is 349 Å². The molecule has 3 aliphatic carbocycles. The number of aromatic amines is 1. The molecule has 3 atom stereocenters. The van der Waals surface area contributed by atoms with Gasteiger partial charge in [-0.2, -0.15) is 82.3 Å². The Balaban J connectivity index is 0.000000137. The number of alkyl halides is 9. The number of pyridine rings is 3. The molecule has 636 valence electrons. The number of Topliss-reactive ketones (excluding diaryl/α,β-unsaturated/α-hetero) is 3. The fourth-order valence-corrected chi connectivity index (χ4v) is 20.5. The minimum atomic E-state index is -4.71. The normalized spacial score (nSPS) is 19.4. The number of aromatic nitrogens is 18. The van der Waals surface area contributed by atoms with E-state index in [0.29, 0.717) is 85.8 Å². The van der Waals surface area contributed by atoms with Crippen LogP contribution in [0.25, 0.3) is 35.3 Å². The van der Waals surface area contributed by atoms with Crippen molar-refractivity contribution in [2.45, 2.75) is 72.1 Å². The maximum Gasteiger partial charge on any atom is 0.416 e. The molecule has 30 nitrogen and oxygen atoms in total. The van der Waals surface area contributed by atoms with E-state index in [4.69, 9.17) is 0 Å². The number of benzene rings is 3. The van der Waals surface area contributed by atoms with Crippen LogP contribution >= 0.6 is 0 Å². The number of aryl methyl sites for hydroxylation is 3. The summed E-state index contributed by atoms with van der Waals surface area (Å²) in [6.07, 6.45) is 2.00. The monoisotopic (exact) mass is 1760 g/mol. The molecule has 12 heterocycles. The lowest BCUT2D eigenvalue weighted by atomic mass is 9.65. The van der Waals surface area contributed by atoms with Crippen molar-refractivity contribution in [3.8, 4) is 17.1 Å². The van der Waals surface area contributed by atoms with Crippen LogP contribution in [0.4, 0.5) is 52.7 Å². The highest BCUT2D eigenvalue weighted by atomic mass is 32.2. The molecule has 0 radical (unpaired) electrons. The third-order valence-electron chi connectivity index (χ3n) is 22.3. The van der Waals surface area contributed by atoms with Crippen LogP contribution < -0.4 is 4.68 Å². The highest BCUT2D eigenvalue weighted by molar-refractivity contribution is 7.89. The Kier molecular flexibility index (Phi) is 21.2. The second-order valence-corrected chi connectivity index (χ2v) is 35.5. The molecule has 3 aliphatic heterocycles. The number of H-pyrrole nitrogens is 1. The molecule has 18 rings (SSSR count). The van der Waals surface area contributed by atoms with Gasteiger partial charge in [0, 0.05) is 72.0 Å². The number of rotatable bonds is 15. The molecule has 3 fully saturated rings. The van der Waals surface area contributed by atoms with Crippen LogP contribution in [0.2, 0.25) is 0 Å². The summed E-state index contributed by atoms with van der Waals surface area (Å²) >= 11 is 0. The van der Waals surface area contributed by atoms with Crippen molar-refractivity contribution >= 4 is 65.6 Å². The SMILES string of the molecule is C[n+]1cc(S(=O)(=O)N2CCC3=Cc4c(cnn4-c4ccc(F)cc4)C[C@]3(C(=O)c3cc(C(F)(F)F)ccn3)C2)n[nH]1.Cn1ncc(S(=O)(=O)N2CCC3=Cc4c(cnn4-c4ccc(F)cc4)C[C@]3(C(=O)c3cc(C(F)(F)F)ccn3)C2)n1.Cn1nncc1S(=O)(=O)N1CCC2=Cc3c(cnn3-c3ccc(F)cc3)C[C@]2(C(=O)c2cc(C(F)(F)F)ccn2)C1. The molecule has 0 spiro atoms. The van der Waals surface area contributed by atoms with Gasteiger partial charge in [-0.1, -0.05) is 27.1 Å². The summed E-state index contributed by atoms with van der Waals surface area (Å²) in [7, 11) is -8.08. The van der Waals surface area contributed by atoms with Gasteiger partial charge in [-0.3, -0.25) is 29.3 Å². The molecule has 1 N–H and O–H groups in total. The Labute approximate surface area is 689 Å². The second kappa shape index (κ2) is 31.0. The minimum absolute atomic E-state index is 0.00416. The van der Waals surface area contributed by atoms with Gasteiger partial charge in [-0.25, -0.2) is 57.2 Å². The highest BCUT2D eigenvalue weighted by Gasteiger charge is 2.56. The third-order valence-corrected chi connectivity index (χ3v) is 27.6. The van der Waals surface area contributed by atoms with E-state index in [-0.39, 0.29) is 92.9 Å². The first-order chi connectivity index (χ1) is 58.2. The van der Waals surface area contributed by atoms with E-state index in [1.54, 1.807) is 51.5 Å². The summed E-state index contributed by atoms with van der Waals surface area (Å²) in [6.45, 7) is -1.02. The van der Waals surface area contributed by atoms with E-state index >= 15 is 0 Å². The van der Waals surface area contributed by atoms with E-state index < -0.39 is 133 Å². The fourth-order valence-electron chi connectivity index (χ4n) is 16.2. The van der Waals surface area contributed by atoms with Crippen LogP contribution in [-0.4, -0.2) is 179 Å². The molecule has 9 aromatic heterocycles. The van der Waals surface area contributed by atoms with Gasteiger partial charge in [0.1, 0.15) is 41.6 Å². The first-order valence-corrected chi connectivity index (χ1v) is 41.5. The molecule has 0 bridgehead atoms. The van der Waals surface area contributed by atoms with Crippen LogP contribution in [-0.2, 0) is 89.0 Å². The van der Waals surface area contributed by atoms with Crippen LogP contribution in [0.5, 0.6) is 0 Å². The van der Waals surface area contributed by atoms with Crippen molar-refractivity contribution in [1.29, 1.82) is 0 Å². The van der Waals surface area contributed by atoms with Crippen LogP contribution in [0.3, 0.4) is 0 Å². The number of carbonyl (C=O) groups excluding carboxylic acids is 3. The molecule has 45 heteroatoms. The zero-order chi connectivity index (χ0) is 87.5. The van der Waals surface area contributed by atoms with Crippen LogP contribution in [0, 0.1) is 33.7 Å². The maximum absolute atomic E-state index is 14.2. The van der Waals surface area contributed by atoms with E-state index in [1.807, 2.05) is 0 Å². The van der Waals surface area contributed by atoms with Gasteiger partial charge in [0.05, 0.1) is 103 Å². The molecule has 6 aliphatic rings. The average Bonchev–Trinajstić information content (AvgIpc) is 1.72. The van der Waals surface area contributed by atoms with Gasteiger partial charge in [-0.15, -0.1) is 10.2 Å². The number of nitrogens with one attached hydrogen (secondary N) is 1. The Morgan fingerprint density at radius 1 is 0.447 bits per heavy atom. The van der Waals surface area contributed by atoms with Gasteiger partial charge >= 0.3 is 23.6 Å². The number of sulfonamides is 3. The quantitative estimate of drug-likeness (QED) is 0.0566. The molecule has 0 unspecified atom stereocenters. The largest absolute Gasteiger partial charge is 0.416 e. The van der Waals surface area contributed by atoms with E-state index in [0.717, 1.165) is 71.6 Å². The molecular weight excluding hydrogens is 1700 g/mol. The van der Waals surface area contributed by atoms with Gasteiger partial charge in [0.25, 0.3) is 30.1 Å². The number of nitrogens with zero attached hydrogens (tertiary/aromatic N) is 20. The molecular formula is C78H64F12N21O9S3+. The number of piperidine rings is 3. The Morgan fingerprint density at radius 2 is 0.789 bits per heavy atom. The molecule has 3 aromatic carbocycles. The van der Waals surface area contributed by atoms with Gasteiger partial charge < -0.3 is 0 Å². The Hall–Kier alpha value is -12.7. The molecule has 0 amide bonds. The lowest BCUT2D eigenvalue weighted by Crippen LogP contribution is -2.53. The van der Waals surface area contributed by atoms with E-state index in [1.165, 1.54) is 104 Å².